The number of H-pyrrole nitrogens is 1. The number of carbonyl (C=O) groups is 3. The quantitative estimate of drug-likeness (QED) is 0.0530. The van der Waals surface area contributed by atoms with E-state index in [9.17, 15) is 19.2 Å². The van der Waals surface area contributed by atoms with E-state index in [1.54, 1.807) is 45.9 Å². The summed E-state index contributed by atoms with van der Waals surface area (Å²) in [6.45, 7) is 0.769. The molecule has 0 saturated carbocycles. The van der Waals surface area contributed by atoms with Gasteiger partial charge in [-0.05, 0) is 37.1 Å². The molecule has 0 aliphatic carbocycles. The number of ether oxygens (including phenoxy) is 2. The lowest BCUT2D eigenvalue weighted by molar-refractivity contribution is -0.135. The third kappa shape index (κ3) is 11.3. The third-order valence-corrected chi connectivity index (χ3v) is 8.26. The molecule has 3 rings (SSSR count). The molecule has 1 amide bonds. The lowest BCUT2D eigenvalue weighted by Gasteiger charge is -2.17. The average Bonchev–Trinajstić information content (AvgIpc) is 2.98. The Balaban J connectivity index is 1.39. The Kier molecular flexibility index (Phi) is 14.0. The maximum absolute atomic E-state index is 12.7. The van der Waals surface area contributed by atoms with Crippen molar-refractivity contribution >= 4 is 62.6 Å². The fourth-order valence-electron chi connectivity index (χ4n) is 3.61. The van der Waals surface area contributed by atoms with Crippen molar-refractivity contribution in [1.29, 1.82) is 0 Å². The van der Waals surface area contributed by atoms with Gasteiger partial charge in [0.2, 0.25) is 5.95 Å². The van der Waals surface area contributed by atoms with E-state index in [-0.39, 0.29) is 55.5 Å². The predicted octanol–water partition coefficient (Wildman–Crippen LogP) is 2.00. The van der Waals surface area contributed by atoms with Crippen LogP contribution in [0.2, 0.25) is 0 Å². The van der Waals surface area contributed by atoms with E-state index >= 15 is 0 Å². The number of aliphatic hydroxyl groups excluding tert-OH is 1. The normalized spacial score (nSPS) is 11.6. The van der Waals surface area contributed by atoms with Crippen LogP contribution in [0.5, 0.6) is 0 Å². The molecular formula is C26H33N7O7S2. The molecule has 6 N–H and O–H groups in total. The lowest BCUT2D eigenvalue weighted by atomic mass is 10.1. The van der Waals surface area contributed by atoms with E-state index < -0.39 is 17.7 Å². The zero-order chi connectivity index (χ0) is 30.2. The fraction of sp³-hybridized carbons (Fsp3) is 0.423. The van der Waals surface area contributed by atoms with Crippen LogP contribution in [0.1, 0.15) is 48.2 Å². The Morgan fingerprint density at radius 3 is 2.62 bits per heavy atom. The third-order valence-electron chi connectivity index (χ3n) is 5.68. The van der Waals surface area contributed by atoms with Crippen LogP contribution < -0.4 is 21.9 Å². The van der Waals surface area contributed by atoms with Crippen molar-refractivity contribution in [2.45, 2.75) is 44.9 Å². The molecule has 0 spiro atoms. The number of fused-ring (bicyclic) bond motifs is 1. The number of nitrogen functional groups attached to an aromatic ring is 1. The molecule has 0 fully saturated rings. The van der Waals surface area contributed by atoms with Crippen LogP contribution in [0, 0.1) is 0 Å². The summed E-state index contributed by atoms with van der Waals surface area (Å²) in [4.78, 5) is 62.6. The number of benzene rings is 1. The summed E-state index contributed by atoms with van der Waals surface area (Å²) in [5.41, 5.74) is 6.80. The second-order valence-corrected chi connectivity index (χ2v) is 11.5. The number of ketones is 1. The molecule has 0 radical (unpaired) electrons. The van der Waals surface area contributed by atoms with E-state index in [0.717, 1.165) is 24.3 Å². The van der Waals surface area contributed by atoms with Gasteiger partial charge in [-0.1, -0.05) is 21.6 Å². The van der Waals surface area contributed by atoms with Gasteiger partial charge in [-0.2, -0.15) is 4.98 Å². The van der Waals surface area contributed by atoms with Crippen molar-refractivity contribution in [3.8, 4) is 0 Å². The topological polar surface area (TPSA) is 212 Å². The minimum Gasteiger partial charge on any atom is -0.444 e. The molecule has 2 heterocycles. The molecular weight excluding hydrogens is 586 g/mol. The van der Waals surface area contributed by atoms with Crippen molar-refractivity contribution in [1.82, 2.24) is 25.3 Å². The summed E-state index contributed by atoms with van der Waals surface area (Å²) in [5.74, 6) is 1.27. The number of nitrogens with zero attached hydrogens (tertiary/aromatic N) is 3. The number of aromatic amines is 1. The number of carbonyl (C=O) groups excluding carboxylic acids is 3. The number of aliphatic hydroxyl groups is 1. The number of hydrogen-bond donors (Lipinski definition) is 5. The second-order valence-electron chi connectivity index (χ2n) is 8.83. The van der Waals surface area contributed by atoms with Crippen molar-refractivity contribution in [2.24, 2.45) is 0 Å². The Morgan fingerprint density at radius 2 is 1.88 bits per heavy atom. The Bertz CT molecular complexity index is 1380. The van der Waals surface area contributed by atoms with Crippen molar-refractivity contribution in [2.75, 3.05) is 36.0 Å². The number of aromatic nitrogens is 4. The number of nitrogens with one attached hydrogen (secondary N) is 3. The van der Waals surface area contributed by atoms with Crippen molar-refractivity contribution in [3.05, 3.63) is 52.1 Å². The van der Waals surface area contributed by atoms with Crippen LogP contribution in [0.25, 0.3) is 11.2 Å². The van der Waals surface area contributed by atoms with Crippen LogP contribution in [-0.4, -0.2) is 74.3 Å². The molecule has 14 nitrogen and oxygen atoms in total. The van der Waals surface area contributed by atoms with E-state index in [4.69, 9.17) is 20.3 Å². The summed E-state index contributed by atoms with van der Waals surface area (Å²) < 4.78 is 9.84. The van der Waals surface area contributed by atoms with E-state index in [1.165, 1.54) is 6.20 Å². The fourth-order valence-corrected chi connectivity index (χ4v) is 5.75. The molecule has 1 atom stereocenters. The van der Waals surface area contributed by atoms with Gasteiger partial charge >= 0.3 is 0 Å². The van der Waals surface area contributed by atoms with Gasteiger partial charge in [0, 0.05) is 42.0 Å². The molecule has 0 aliphatic rings. The van der Waals surface area contributed by atoms with Crippen LogP contribution in [0.3, 0.4) is 0 Å². The van der Waals surface area contributed by atoms with Crippen LogP contribution in [0.4, 0.5) is 11.6 Å². The van der Waals surface area contributed by atoms with Gasteiger partial charge in [-0.3, -0.25) is 24.2 Å². The zero-order valence-corrected chi connectivity index (χ0v) is 24.4. The van der Waals surface area contributed by atoms with Gasteiger partial charge in [-0.25, -0.2) is 9.97 Å². The Labute approximate surface area is 249 Å². The van der Waals surface area contributed by atoms with Crippen molar-refractivity contribution in [3.63, 3.8) is 0 Å². The standard InChI is InChI=1S/C26H33N7O7S2/c27-26-32-23-22(25(38)33-26)30-19(14-29-23)13-28-18-6-4-17(5-7-18)24(37)31-21(40-16-35)9-8-20(36)3-1-11-41-42-12-2-10-39-15-34/h4-7,14,16,21,28,34H,1-3,8-13,15H2,(H,31,37)(H3,27,29,32,33,38). The minimum atomic E-state index is -0.928. The number of nitrogens with two attached hydrogens (primary N) is 1. The molecule has 2 aromatic heterocycles. The van der Waals surface area contributed by atoms with Crippen LogP contribution >= 0.6 is 21.6 Å². The molecule has 0 aliphatic heterocycles. The van der Waals surface area contributed by atoms with Gasteiger partial charge in [0.05, 0.1) is 25.0 Å². The molecule has 0 saturated heterocycles. The Morgan fingerprint density at radius 1 is 1.12 bits per heavy atom. The van der Waals surface area contributed by atoms with Crippen molar-refractivity contribution < 1.29 is 29.0 Å². The predicted molar refractivity (Wildman–Crippen MR) is 161 cm³/mol. The van der Waals surface area contributed by atoms with E-state index in [0.29, 0.717) is 30.0 Å². The zero-order valence-electron chi connectivity index (χ0n) is 22.7. The van der Waals surface area contributed by atoms with Gasteiger partial charge in [0.1, 0.15) is 12.6 Å². The number of Topliss-reactive ketones (excluding diaryl/α,β-unsaturated/α-hetero) is 1. The number of hydrogen-bond acceptors (Lipinski definition) is 14. The highest BCUT2D eigenvalue weighted by atomic mass is 33.1. The van der Waals surface area contributed by atoms with Gasteiger partial charge < -0.3 is 30.9 Å². The first-order chi connectivity index (χ1) is 20.4. The molecule has 16 heteroatoms. The maximum Gasteiger partial charge on any atom is 0.295 e. The molecule has 3 aromatic rings. The summed E-state index contributed by atoms with van der Waals surface area (Å²) in [7, 11) is 3.38. The lowest BCUT2D eigenvalue weighted by Crippen LogP contribution is -2.37. The largest absolute Gasteiger partial charge is 0.444 e. The Hall–Kier alpha value is -3.73. The maximum atomic E-state index is 12.7. The number of rotatable bonds is 20. The smallest absolute Gasteiger partial charge is 0.295 e. The highest BCUT2D eigenvalue weighted by Crippen LogP contribution is 2.23. The van der Waals surface area contributed by atoms with Gasteiger partial charge in [-0.15, -0.1) is 0 Å². The molecule has 1 aromatic carbocycles. The molecule has 42 heavy (non-hydrogen) atoms. The second kappa shape index (κ2) is 17.9. The first-order valence-electron chi connectivity index (χ1n) is 13.1. The summed E-state index contributed by atoms with van der Waals surface area (Å²) in [6.07, 6.45) is 2.89. The molecule has 0 bridgehead atoms. The molecule has 226 valence electrons. The van der Waals surface area contributed by atoms with E-state index in [1.807, 2.05) is 0 Å². The highest BCUT2D eigenvalue weighted by molar-refractivity contribution is 8.76. The number of amides is 1. The highest BCUT2D eigenvalue weighted by Gasteiger charge is 2.16. The SMILES string of the molecule is Nc1nc2ncc(CNc3ccc(C(=O)NC(CCC(=O)CCCSSCCCOCO)OC=O)cc3)nc2c(=O)[nH]1. The monoisotopic (exact) mass is 619 g/mol. The van der Waals surface area contributed by atoms with Gasteiger partial charge in [0.25, 0.3) is 17.9 Å². The first kappa shape index (κ1) is 32.8. The van der Waals surface area contributed by atoms with Crippen LogP contribution in [-0.2, 0) is 25.6 Å². The first-order valence-corrected chi connectivity index (χ1v) is 15.6. The minimum absolute atomic E-state index is 0.0298. The molecule has 1 unspecified atom stereocenters. The summed E-state index contributed by atoms with van der Waals surface area (Å²) in [5, 5.41) is 14.3. The number of anilines is 2. The summed E-state index contributed by atoms with van der Waals surface area (Å²) in [6, 6.07) is 6.58. The van der Waals surface area contributed by atoms with E-state index in [2.05, 4.69) is 30.6 Å². The average molecular weight is 620 g/mol. The summed E-state index contributed by atoms with van der Waals surface area (Å²) >= 11 is 0. The van der Waals surface area contributed by atoms with Gasteiger partial charge in [0.15, 0.2) is 17.4 Å². The van der Waals surface area contributed by atoms with Crippen LogP contribution in [0.15, 0.2) is 35.3 Å².